The molecule has 0 unspecified atom stereocenters. The van der Waals surface area contributed by atoms with Gasteiger partial charge in [0.15, 0.2) is 5.65 Å². The number of para-hydroxylation sites is 1. The van der Waals surface area contributed by atoms with Gasteiger partial charge in [0.05, 0.1) is 19.1 Å². The van der Waals surface area contributed by atoms with Gasteiger partial charge in [0.2, 0.25) is 0 Å². The molecule has 1 saturated carbocycles. The predicted octanol–water partition coefficient (Wildman–Crippen LogP) is 2.72. The fourth-order valence-electron chi connectivity index (χ4n) is 3.55. The van der Waals surface area contributed by atoms with Gasteiger partial charge in [0.1, 0.15) is 17.7 Å². The van der Waals surface area contributed by atoms with E-state index in [4.69, 9.17) is 4.74 Å². The molecular formula is C19H22N4O2. The van der Waals surface area contributed by atoms with E-state index in [-0.39, 0.29) is 5.56 Å². The highest BCUT2D eigenvalue weighted by molar-refractivity contribution is 5.72. The van der Waals surface area contributed by atoms with Gasteiger partial charge in [-0.1, -0.05) is 25.1 Å². The summed E-state index contributed by atoms with van der Waals surface area (Å²) < 4.78 is 9.15. The molecule has 1 aliphatic rings. The van der Waals surface area contributed by atoms with Gasteiger partial charge >= 0.3 is 0 Å². The second kappa shape index (κ2) is 6.70. The average molecular weight is 338 g/mol. The van der Waals surface area contributed by atoms with Gasteiger partial charge in [0.25, 0.3) is 5.56 Å². The van der Waals surface area contributed by atoms with Crippen LogP contribution in [0.4, 0.5) is 0 Å². The first-order chi connectivity index (χ1) is 12.2. The topological polar surface area (TPSA) is 61.9 Å². The second-order valence-electron chi connectivity index (χ2n) is 6.91. The summed E-state index contributed by atoms with van der Waals surface area (Å²) in [6.07, 6.45) is 5.66. The molecule has 6 heteroatoms. The largest absolute Gasteiger partial charge is 0.492 e. The summed E-state index contributed by atoms with van der Waals surface area (Å²) in [5.41, 5.74) is 0.625. The van der Waals surface area contributed by atoms with Crippen LogP contribution in [0.25, 0.3) is 11.0 Å². The third-order valence-corrected chi connectivity index (χ3v) is 4.86. The number of hydrogen-bond donors (Lipinski definition) is 0. The van der Waals surface area contributed by atoms with Crippen LogP contribution in [-0.2, 0) is 13.1 Å². The lowest BCUT2D eigenvalue weighted by atomic mass is 9.76. The molecular weight excluding hydrogens is 316 g/mol. The van der Waals surface area contributed by atoms with Crippen LogP contribution in [0.5, 0.6) is 5.75 Å². The standard InChI is InChI=1S/C19H22N4O2/c1-14-9-15(10-14)12-22-13-20-18-17(19(22)24)11-21-23(18)7-8-25-16-5-3-2-4-6-16/h2-6,11,13-15H,7-10,12H2,1H3. The Hall–Kier alpha value is -2.63. The molecule has 0 bridgehead atoms. The SMILES string of the molecule is CC1CC(Cn2cnc3c(cnn3CCOc3ccccc3)c2=O)C1. The van der Waals surface area contributed by atoms with Gasteiger partial charge in [-0.2, -0.15) is 5.10 Å². The molecule has 2 heterocycles. The highest BCUT2D eigenvalue weighted by Gasteiger charge is 2.26. The molecule has 130 valence electrons. The fraction of sp³-hybridized carbons (Fsp3) is 0.421. The molecule has 25 heavy (non-hydrogen) atoms. The summed E-state index contributed by atoms with van der Waals surface area (Å²) in [5, 5.41) is 4.89. The first-order valence-electron chi connectivity index (χ1n) is 8.79. The number of rotatable bonds is 6. The third kappa shape index (κ3) is 3.29. The van der Waals surface area contributed by atoms with Gasteiger partial charge in [-0.05, 0) is 36.8 Å². The fourth-order valence-corrected chi connectivity index (χ4v) is 3.55. The smallest absolute Gasteiger partial charge is 0.264 e. The maximum Gasteiger partial charge on any atom is 0.264 e. The zero-order chi connectivity index (χ0) is 17.2. The van der Waals surface area contributed by atoms with Crippen molar-refractivity contribution in [2.75, 3.05) is 6.61 Å². The molecule has 0 saturated heterocycles. The van der Waals surface area contributed by atoms with Crippen LogP contribution in [-0.4, -0.2) is 25.9 Å². The zero-order valence-electron chi connectivity index (χ0n) is 14.3. The lowest BCUT2D eigenvalue weighted by Gasteiger charge is -2.32. The van der Waals surface area contributed by atoms with Crippen LogP contribution < -0.4 is 10.3 Å². The zero-order valence-corrected chi connectivity index (χ0v) is 14.3. The summed E-state index contributed by atoms with van der Waals surface area (Å²) in [4.78, 5) is 17.1. The summed E-state index contributed by atoms with van der Waals surface area (Å²) >= 11 is 0. The molecule has 1 aliphatic carbocycles. The molecule has 1 aromatic carbocycles. The monoisotopic (exact) mass is 338 g/mol. The summed E-state index contributed by atoms with van der Waals surface area (Å²) in [6.45, 7) is 4.04. The Morgan fingerprint density at radius 3 is 2.80 bits per heavy atom. The minimum atomic E-state index is -0.000203. The average Bonchev–Trinajstić information content (AvgIpc) is 3.01. The minimum absolute atomic E-state index is 0.000203. The van der Waals surface area contributed by atoms with Crippen LogP contribution in [0, 0.1) is 11.8 Å². The first-order valence-corrected chi connectivity index (χ1v) is 8.79. The minimum Gasteiger partial charge on any atom is -0.492 e. The lowest BCUT2D eigenvalue weighted by Crippen LogP contribution is -2.30. The molecule has 0 N–H and O–H groups in total. The number of benzene rings is 1. The van der Waals surface area contributed by atoms with E-state index in [2.05, 4.69) is 17.0 Å². The van der Waals surface area contributed by atoms with E-state index in [9.17, 15) is 4.79 Å². The van der Waals surface area contributed by atoms with Crippen LogP contribution in [0.15, 0.2) is 47.7 Å². The Balaban J connectivity index is 1.46. The van der Waals surface area contributed by atoms with Crippen molar-refractivity contribution in [3.63, 3.8) is 0 Å². The van der Waals surface area contributed by atoms with E-state index in [0.29, 0.717) is 30.1 Å². The molecule has 2 aromatic heterocycles. The Labute approximate surface area is 146 Å². The summed E-state index contributed by atoms with van der Waals surface area (Å²) in [7, 11) is 0. The second-order valence-corrected chi connectivity index (χ2v) is 6.91. The van der Waals surface area contributed by atoms with Crippen molar-refractivity contribution in [2.45, 2.75) is 32.9 Å². The van der Waals surface area contributed by atoms with Crippen molar-refractivity contribution in [3.8, 4) is 5.75 Å². The van der Waals surface area contributed by atoms with E-state index in [1.54, 1.807) is 21.8 Å². The Morgan fingerprint density at radius 1 is 1.24 bits per heavy atom. The summed E-state index contributed by atoms with van der Waals surface area (Å²) in [6, 6.07) is 9.66. The van der Waals surface area contributed by atoms with Gasteiger partial charge in [0, 0.05) is 6.54 Å². The molecule has 0 amide bonds. The Bertz CT molecular complexity index is 910. The van der Waals surface area contributed by atoms with Gasteiger partial charge in [-0.3, -0.25) is 9.36 Å². The van der Waals surface area contributed by atoms with Gasteiger partial charge in [-0.25, -0.2) is 9.67 Å². The Morgan fingerprint density at radius 2 is 2.04 bits per heavy atom. The van der Waals surface area contributed by atoms with E-state index in [1.165, 1.54) is 12.8 Å². The number of hydrogen-bond acceptors (Lipinski definition) is 4. The van der Waals surface area contributed by atoms with Crippen molar-refractivity contribution in [1.82, 2.24) is 19.3 Å². The van der Waals surface area contributed by atoms with Crippen molar-refractivity contribution < 1.29 is 4.74 Å². The lowest BCUT2D eigenvalue weighted by molar-refractivity contribution is 0.186. The number of aromatic nitrogens is 4. The first kappa shape index (κ1) is 15.9. The van der Waals surface area contributed by atoms with Crippen LogP contribution >= 0.6 is 0 Å². The van der Waals surface area contributed by atoms with E-state index >= 15 is 0 Å². The van der Waals surface area contributed by atoms with Crippen molar-refractivity contribution in [2.24, 2.45) is 11.8 Å². The van der Waals surface area contributed by atoms with Crippen LogP contribution in [0.1, 0.15) is 19.8 Å². The van der Waals surface area contributed by atoms with Crippen molar-refractivity contribution >= 4 is 11.0 Å². The Kier molecular flexibility index (Phi) is 4.26. The van der Waals surface area contributed by atoms with Crippen molar-refractivity contribution in [3.05, 3.63) is 53.2 Å². The van der Waals surface area contributed by atoms with Gasteiger partial charge < -0.3 is 4.74 Å². The molecule has 4 rings (SSSR count). The van der Waals surface area contributed by atoms with E-state index < -0.39 is 0 Å². The normalized spacial score (nSPS) is 19.7. The molecule has 0 radical (unpaired) electrons. The van der Waals surface area contributed by atoms with Crippen LogP contribution in [0.2, 0.25) is 0 Å². The quantitative estimate of drug-likeness (QED) is 0.693. The highest BCUT2D eigenvalue weighted by Crippen LogP contribution is 2.33. The molecule has 0 aliphatic heterocycles. The number of nitrogens with zero attached hydrogens (tertiary/aromatic N) is 4. The van der Waals surface area contributed by atoms with Gasteiger partial charge in [-0.15, -0.1) is 0 Å². The molecule has 1 fully saturated rings. The maximum absolute atomic E-state index is 12.6. The van der Waals surface area contributed by atoms with Crippen LogP contribution in [0.3, 0.4) is 0 Å². The molecule has 0 atom stereocenters. The number of ether oxygens (including phenoxy) is 1. The third-order valence-electron chi connectivity index (χ3n) is 4.86. The maximum atomic E-state index is 12.6. The van der Waals surface area contributed by atoms with Crippen molar-refractivity contribution in [1.29, 1.82) is 0 Å². The van der Waals surface area contributed by atoms with E-state index in [1.807, 2.05) is 30.3 Å². The predicted molar refractivity (Wildman–Crippen MR) is 95.6 cm³/mol. The molecule has 6 nitrogen and oxygen atoms in total. The molecule has 0 spiro atoms. The van der Waals surface area contributed by atoms with E-state index in [0.717, 1.165) is 18.2 Å². The summed E-state index contributed by atoms with van der Waals surface area (Å²) in [5.74, 6) is 2.20. The highest BCUT2D eigenvalue weighted by atomic mass is 16.5. The molecule has 3 aromatic rings. The number of fused-ring (bicyclic) bond motifs is 1.